The Morgan fingerprint density at radius 2 is 2.10 bits per heavy atom. The fraction of sp³-hybridized carbons (Fsp3) is 0.500. The highest BCUT2D eigenvalue weighted by molar-refractivity contribution is 5.99. The Labute approximate surface area is 121 Å². The van der Waals surface area contributed by atoms with Crippen LogP contribution in [0.1, 0.15) is 28.8 Å². The van der Waals surface area contributed by atoms with E-state index < -0.39 is 23.3 Å². The standard InChI is InChI=1S/C14H18F3N3O/c1-20(9-5-6-9)8-7-19-13(21)10-3-2-4-11(12(10)18)14(15,16)17/h2-4,9H,5-8,18H2,1H3,(H,19,21). The van der Waals surface area contributed by atoms with E-state index in [0.29, 0.717) is 19.1 Å². The highest BCUT2D eigenvalue weighted by Crippen LogP contribution is 2.34. The first kappa shape index (κ1) is 15.6. The van der Waals surface area contributed by atoms with Gasteiger partial charge in [-0.3, -0.25) is 4.79 Å². The van der Waals surface area contributed by atoms with Gasteiger partial charge in [0.2, 0.25) is 0 Å². The zero-order chi connectivity index (χ0) is 15.6. The van der Waals surface area contributed by atoms with Gasteiger partial charge >= 0.3 is 6.18 Å². The summed E-state index contributed by atoms with van der Waals surface area (Å²) in [5, 5.41) is 2.60. The molecule has 0 aliphatic heterocycles. The van der Waals surface area contributed by atoms with Crippen molar-refractivity contribution in [3.05, 3.63) is 29.3 Å². The van der Waals surface area contributed by atoms with E-state index in [1.54, 1.807) is 0 Å². The van der Waals surface area contributed by atoms with E-state index in [1.165, 1.54) is 12.1 Å². The van der Waals surface area contributed by atoms with Gasteiger partial charge in [0.05, 0.1) is 16.8 Å². The zero-order valence-electron chi connectivity index (χ0n) is 11.7. The van der Waals surface area contributed by atoms with Crippen LogP contribution in [0.25, 0.3) is 0 Å². The van der Waals surface area contributed by atoms with Crippen molar-refractivity contribution in [2.24, 2.45) is 0 Å². The molecule has 0 spiro atoms. The average Bonchev–Trinajstić information content (AvgIpc) is 3.21. The summed E-state index contributed by atoms with van der Waals surface area (Å²) in [7, 11) is 1.96. The Balaban J connectivity index is 1.98. The maximum Gasteiger partial charge on any atom is 0.418 e. The van der Waals surface area contributed by atoms with Gasteiger partial charge in [0.25, 0.3) is 5.91 Å². The molecule has 0 atom stereocenters. The Morgan fingerprint density at radius 3 is 2.67 bits per heavy atom. The van der Waals surface area contributed by atoms with E-state index in [1.807, 2.05) is 7.05 Å². The number of anilines is 1. The molecule has 3 N–H and O–H groups in total. The van der Waals surface area contributed by atoms with E-state index in [-0.39, 0.29) is 5.56 Å². The number of nitrogens with zero attached hydrogens (tertiary/aromatic N) is 1. The SMILES string of the molecule is CN(CCNC(=O)c1cccc(C(F)(F)F)c1N)C1CC1. The van der Waals surface area contributed by atoms with Crippen LogP contribution in [-0.2, 0) is 6.18 Å². The van der Waals surface area contributed by atoms with E-state index in [4.69, 9.17) is 5.73 Å². The topological polar surface area (TPSA) is 58.4 Å². The number of carbonyl (C=O) groups excluding carboxylic acids is 1. The third-order valence-corrected chi connectivity index (χ3v) is 3.58. The first-order chi connectivity index (χ1) is 9.80. The molecule has 1 fully saturated rings. The molecule has 0 unspecified atom stereocenters. The lowest BCUT2D eigenvalue weighted by atomic mass is 10.1. The summed E-state index contributed by atoms with van der Waals surface area (Å²) in [6.07, 6.45) is -2.25. The maximum atomic E-state index is 12.7. The van der Waals surface area contributed by atoms with E-state index >= 15 is 0 Å². The minimum atomic E-state index is -4.56. The number of para-hydroxylation sites is 1. The normalized spacial score (nSPS) is 15.3. The second-order valence-electron chi connectivity index (χ2n) is 5.23. The number of carbonyl (C=O) groups is 1. The third-order valence-electron chi connectivity index (χ3n) is 3.58. The van der Waals surface area contributed by atoms with Crippen molar-refractivity contribution in [1.29, 1.82) is 0 Å². The van der Waals surface area contributed by atoms with Crippen LogP contribution < -0.4 is 11.1 Å². The molecule has 1 aromatic rings. The van der Waals surface area contributed by atoms with Crippen LogP contribution in [0.15, 0.2) is 18.2 Å². The largest absolute Gasteiger partial charge is 0.418 e. The molecule has 1 aromatic carbocycles. The summed E-state index contributed by atoms with van der Waals surface area (Å²) in [5.74, 6) is -0.581. The lowest BCUT2D eigenvalue weighted by Crippen LogP contribution is -2.34. The van der Waals surface area contributed by atoms with E-state index in [0.717, 1.165) is 18.9 Å². The fourth-order valence-electron chi connectivity index (χ4n) is 2.15. The van der Waals surface area contributed by atoms with Crippen molar-refractivity contribution in [3.8, 4) is 0 Å². The summed E-state index contributed by atoms with van der Waals surface area (Å²) in [5.41, 5.74) is 3.82. The number of hydrogen-bond donors (Lipinski definition) is 2. The average molecular weight is 301 g/mol. The number of nitrogens with two attached hydrogens (primary N) is 1. The number of alkyl halides is 3. The third kappa shape index (κ3) is 3.87. The number of nitrogens with one attached hydrogen (secondary N) is 1. The quantitative estimate of drug-likeness (QED) is 0.819. The summed E-state index contributed by atoms with van der Waals surface area (Å²) < 4.78 is 38.2. The molecule has 21 heavy (non-hydrogen) atoms. The molecule has 1 aliphatic carbocycles. The smallest absolute Gasteiger partial charge is 0.398 e. The van der Waals surface area contributed by atoms with Crippen LogP contribution in [0.5, 0.6) is 0 Å². The van der Waals surface area contributed by atoms with Gasteiger partial charge in [0, 0.05) is 19.1 Å². The highest BCUT2D eigenvalue weighted by Gasteiger charge is 2.34. The Bertz CT molecular complexity index is 527. The molecule has 0 heterocycles. The van der Waals surface area contributed by atoms with Gasteiger partial charge in [0.15, 0.2) is 0 Å². The molecular weight excluding hydrogens is 283 g/mol. The van der Waals surface area contributed by atoms with E-state index in [9.17, 15) is 18.0 Å². The van der Waals surface area contributed by atoms with Crippen LogP contribution in [-0.4, -0.2) is 37.0 Å². The molecule has 1 aliphatic rings. The Morgan fingerprint density at radius 1 is 1.43 bits per heavy atom. The number of benzene rings is 1. The number of amides is 1. The van der Waals surface area contributed by atoms with Crippen molar-refractivity contribution in [2.45, 2.75) is 25.1 Å². The second kappa shape index (κ2) is 5.93. The van der Waals surface area contributed by atoms with Crippen LogP contribution in [0, 0.1) is 0 Å². The van der Waals surface area contributed by atoms with Gasteiger partial charge in [-0.1, -0.05) is 6.07 Å². The van der Waals surface area contributed by atoms with Gasteiger partial charge in [0.1, 0.15) is 0 Å². The molecule has 7 heteroatoms. The number of halogens is 3. The zero-order valence-corrected chi connectivity index (χ0v) is 11.7. The number of likely N-dealkylation sites (N-methyl/N-ethyl adjacent to an activating group) is 1. The monoisotopic (exact) mass is 301 g/mol. The van der Waals surface area contributed by atoms with Crippen LogP contribution in [0.2, 0.25) is 0 Å². The summed E-state index contributed by atoms with van der Waals surface area (Å²) >= 11 is 0. The molecular formula is C14H18F3N3O. The molecule has 0 saturated heterocycles. The second-order valence-corrected chi connectivity index (χ2v) is 5.23. The highest BCUT2D eigenvalue weighted by atomic mass is 19.4. The molecule has 0 radical (unpaired) electrons. The van der Waals surface area contributed by atoms with Crippen molar-refractivity contribution in [2.75, 3.05) is 25.9 Å². The predicted molar refractivity (Wildman–Crippen MR) is 73.8 cm³/mol. The lowest BCUT2D eigenvalue weighted by Gasteiger charge is -2.17. The Kier molecular flexibility index (Phi) is 4.41. The summed E-state index contributed by atoms with van der Waals surface area (Å²) in [6, 6.07) is 3.92. The van der Waals surface area contributed by atoms with Crippen LogP contribution in [0.4, 0.5) is 18.9 Å². The van der Waals surface area contributed by atoms with Gasteiger partial charge in [-0.05, 0) is 32.0 Å². The molecule has 2 rings (SSSR count). The summed E-state index contributed by atoms with van der Waals surface area (Å²) in [6.45, 7) is 1.04. The van der Waals surface area contributed by atoms with Gasteiger partial charge in [-0.15, -0.1) is 0 Å². The minimum Gasteiger partial charge on any atom is -0.398 e. The first-order valence-electron chi connectivity index (χ1n) is 6.75. The maximum absolute atomic E-state index is 12.7. The lowest BCUT2D eigenvalue weighted by molar-refractivity contribution is -0.136. The molecule has 4 nitrogen and oxygen atoms in total. The van der Waals surface area contributed by atoms with Crippen molar-refractivity contribution < 1.29 is 18.0 Å². The van der Waals surface area contributed by atoms with Gasteiger partial charge in [-0.25, -0.2) is 0 Å². The van der Waals surface area contributed by atoms with Gasteiger partial charge < -0.3 is 16.0 Å². The molecule has 1 saturated carbocycles. The summed E-state index contributed by atoms with van der Waals surface area (Å²) in [4.78, 5) is 14.1. The number of rotatable bonds is 5. The van der Waals surface area contributed by atoms with Crippen LogP contribution >= 0.6 is 0 Å². The van der Waals surface area contributed by atoms with Crippen molar-refractivity contribution >= 4 is 11.6 Å². The molecule has 116 valence electrons. The molecule has 0 aromatic heterocycles. The fourth-order valence-corrected chi connectivity index (χ4v) is 2.15. The first-order valence-corrected chi connectivity index (χ1v) is 6.75. The Hall–Kier alpha value is -1.76. The molecule has 1 amide bonds. The predicted octanol–water partition coefficient (Wildman–Crippen LogP) is 2.11. The van der Waals surface area contributed by atoms with Gasteiger partial charge in [-0.2, -0.15) is 13.2 Å². The number of hydrogen-bond acceptors (Lipinski definition) is 3. The number of nitrogen functional groups attached to an aromatic ring is 1. The van der Waals surface area contributed by atoms with Crippen LogP contribution in [0.3, 0.4) is 0 Å². The van der Waals surface area contributed by atoms with Crippen molar-refractivity contribution in [1.82, 2.24) is 10.2 Å². The molecule has 0 bridgehead atoms. The minimum absolute atomic E-state index is 0.140. The van der Waals surface area contributed by atoms with Crippen molar-refractivity contribution in [3.63, 3.8) is 0 Å². The van der Waals surface area contributed by atoms with E-state index in [2.05, 4.69) is 10.2 Å².